The number of aromatic nitrogens is 3. The Morgan fingerprint density at radius 1 is 1.44 bits per heavy atom. The molecule has 0 aliphatic carbocycles. The van der Waals surface area contributed by atoms with Gasteiger partial charge in [-0.05, 0) is 28.1 Å². The van der Waals surface area contributed by atoms with Crippen LogP contribution in [0.3, 0.4) is 0 Å². The van der Waals surface area contributed by atoms with Gasteiger partial charge in [0, 0.05) is 18.2 Å². The van der Waals surface area contributed by atoms with E-state index in [1.165, 1.54) is 30.0 Å². The van der Waals surface area contributed by atoms with Crippen molar-refractivity contribution in [1.82, 2.24) is 14.8 Å². The lowest BCUT2D eigenvalue weighted by Gasteiger charge is -2.06. The van der Waals surface area contributed by atoms with E-state index in [4.69, 9.17) is 21.1 Å². The Balaban J connectivity index is 2.27. The minimum absolute atomic E-state index is 0.164. The lowest BCUT2D eigenvalue weighted by molar-refractivity contribution is 0.112. The smallest absolute Gasteiger partial charge is 0.323 e. The summed E-state index contributed by atoms with van der Waals surface area (Å²) in [5, 5.41) is 4.22. The van der Waals surface area contributed by atoms with Crippen molar-refractivity contribution in [2.45, 2.75) is 6.73 Å². The largest absolute Gasteiger partial charge is 0.424 e. The summed E-state index contributed by atoms with van der Waals surface area (Å²) >= 11 is 8.84. The molecule has 0 spiro atoms. The SMILES string of the molecule is COCn1nc(Br)nc1Oc1cc(F)cc(Cl)c1. The van der Waals surface area contributed by atoms with Crippen molar-refractivity contribution >= 4 is 27.5 Å². The van der Waals surface area contributed by atoms with Gasteiger partial charge in [-0.25, -0.2) is 4.39 Å². The minimum atomic E-state index is -0.491. The predicted molar refractivity (Wildman–Crippen MR) is 66.2 cm³/mol. The highest BCUT2D eigenvalue weighted by molar-refractivity contribution is 9.10. The fourth-order valence-electron chi connectivity index (χ4n) is 1.28. The first kappa shape index (κ1) is 13.3. The van der Waals surface area contributed by atoms with E-state index in [2.05, 4.69) is 26.0 Å². The van der Waals surface area contributed by atoms with E-state index >= 15 is 0 Å². The van der Waals surface area contributed by atoms with Gasteiger partial charge in [0.05, 0.1) is 0 Å². The molecule has 0 bridgehead atoms. The molecule has 1 aromatic carbocycles. The monoisotopic (exact) mass is 335 g/mol. The maximum atomic E-state index is 13.1. The van der Waals surface area contributed by atoms with E-state index in [1.54, 1.807) is 0 Å². The highest BCUT2D eigenvalue weighted by Gasteiger charge is 2.11. The third-order valence-corrected chi connectivity index (χ3v) is 2.46. The molecule has 0 saturated carbocycles. The first-order valence-electron chi connectivity index (χ1n) is 4.81. The van der Waals surface area contributed by atoms with Crippen LogP contribution in [-0.4, -0.2) is 21.9 Å². The molecular weight excluding hydrogens is 328 g/mol. The van der Waals surface area contributed by atoms with Gasteiger partial charge in [0.15, 0.2) is 0 Å². The molecule has 0 amide bonds. The average Bonchev–Trinajstić information content (AvgIpc) is 2.58. The summed E-state index contributed by atoms with van der Waals surface area (Å²) in [5.41, 5.74) is 0. The summed E-state index contributed by atoms with van der Waals surface area (Å²) in [6.45, 7) is 0.164. The Morgan fingerprint density at radius 3 is 2.89 bits per heavy atom. The second-order valence-electron chi connectivity index (χ2n) is 3.29. The number of methoxy groups -OCH3 is 1. The molecule has 0 fully saturated rings. The Bertz CT molecular complexity index is 544. The van der Waals surface area contributed by atoms with Crippen LogP contribution in [0, 0.1) is 5.82 Å². The molecule has 0 radical (unpaired) electrons. The quantitative estimate of drug-likeness (QED) is 0.860. The summed E-state index contributed by atoms with van der Waals surface area (Å²) < 4.78 is 25.2. The Morgan fingerprint density at radius 2 is 2.22 bits per heavy atom. The van der Waals surface area contributed by atoms with Gasteiger partial charge in [0.25, 0.3) is 0 Å². The molecule has 1 aromatic heterocycles. The van der Waals surface area contributed by atoms with Crippen LogP contribution in [0.2, 0.25) is 5.02 Å². The summed E-state index contributed by atoms with van der Waals surface area (Å²) in [4.78, 5) is 3.98. The number of benzene rings is 1. The zero-order valence-electron chi connectivity index (χ0n) is 9.23. The number of rotatable bonds is 4. The Labute approximate surface area is 116 Å². The van der Waals surface area contributed by atoms with Crippen molar-refractivity contribution in [1.29, 1.82) is 0 Å². The van der Waals surface area contributed by atoms with E-state index in [0.717, 1.165) is 0 Å². The molecule has 0 N–H and O–H groups in total. The number of nitrogens with zero attached hydrogens (tertiary/aromatic N) is 3. The first-order chi connectivity index (χ1) is 8.58. The summed E-state index contributed by atoms with van der Waals surface area (Å²) in [5.74, 6) is -0.258. The maximum Gasteiger partial charge on any atom is 0.323 e. The lowest BCUT2D eigenvalue weighted by atomic mass is 10.3. The van der Waals surface area contributed by atoms with Crippen LogP contribution in [-0.2, 0) is 11.5 Å². The van der Waals surface area contributed by atoms with Crippen molar-refractivity contribution in [2.75, 3.05) is 7.11 Å². The normalized spacial score (nSPS) is 10.7. The number of ether oxygens (including phenoxy) is 2. The van der Waals surface area contributed by atoms with Crippen LogP contribution in [0.25, 0.3) is 0 Å². The van der Waals surface area contributed by atoms with Gasteiger partial charge in [-0.1, -0.05) is 11.6 Å². The van der Waals surface area contributed by atoms with Crippen LogP contribution >= 0.6 is 27.5 Å². The fourth-order valence-corrected chi connectivity index (χ4v) is 1.83. The van der Waals surface area contributed by atoms with Gasteiger partial charge >= 0.3 is 6.01 Å². The van der Waals surface area contributed by atoms with Crippen molar-refractivity contribution in [2.24, 2.45) is 0 Å². The Kier molecular flexibility index (Phi) is 4.15. The van der Waals surface area contributed by atoms with Crippen LogP contribution in [0.15, 0.2) is 22.9 Å². The van der Waals surface area contributed by atoms with Crippen LogP contribution in [0.4, 0.5) is 4.39 Å². The molecule has 0 aliphatic heterocycles. The lowest BCUT2D eigenvalue weighted by Crippen LogP contribution is -2.04. The number of halogens is 3. The van der Waals surface area contributed by atoms with Crippen molar-refractivity contribution < 1.29 is 13.9 Å². The van der Waals surface area contributed by atoms with Crippen LogP contribution in [0.1, 0.15) is 0 Å². The van der Waals surface area contributed by atoms with E-state index in [9.17, 15) is 4.39 Å². The molecule has 0 saturated heterocycles. The fraction of sp³-hybridized carbons (Fsp3) is 0.200. The average molecular weight is 337 g/mol. The van der Waals surface area contributed by atoms with Crippen molar-refractivity contribution in [3.8, 4) is 11.8 Å². The molecule has 0 atom stereocenters. The summed E-state index contributed by atoms with van der Waals surface area (Å²) in [6, 6.07) is 4.03. The van der Waals surface area contributed by atoms with Gasteiger partial charge in [-0.3, -0.25) is 0 Å². The highest BCUT2D eigenvalue weighted by atomic mass is 79.9. The summed E-state index contributed by atoms with van der Waals surface area (Å²) in [7, 11) is 1.51. The first-order valence-corrected chi connectivity index (χ1v) is 5.99. The van der Waals surface area contributed by atoms with Crippen molar-refractivity contribution in [3.63, 3.8) is 0 Å². The van der Waals surface area contributed by atoms with Crippen LogP contribution in [0.5, 0.6) is 11.8 Å². The molecule has 5 nitrogen and oxygen atoms in total. The molecule has 8 heteroatoms. The zero-order valence-corrected chi connectivity index (χ0v) is 11.6. The predicted octanol–water partition coefficient (Wildman–Crippen LogP) is 3.23. The molecule has 0 unspecified atom stereocenters. The standard InChI is InChI=1S/C10H8BrClFN3O2/c1-17-5-16-10(14-9(11)15-16)18-8-3-6(12)2-7(13)4-8/h2-4H,5H2,1H3. The minimum Gasteiger partial charge on any atom is -0.424 e. The van der Waals surface area contributed by atoms with Gasteiger partial charge < -0.3 is 9.47 Å². The van der Waals surface area contributed by atoms with Crippen molar-refractivity contribution in [3.05, 3.63) is 33.8 Å². The van der Waals surface area contributed by atoms with Gasteiger partial charge in [0.2, 0.25) is 4.73 Å². The maximum absolute atomic E-state index is 13.1. The van der Waals surface area contributed by atoms with E-state index in [1.807, 2.05) is 0 Å². The summed E-state index contributed by atoms with van der Waals surface area (Å²) in [6.07, 6.45) is 0. The molecule has 18 heavy (non-hydrogen) atoms. The topological polar surface area (TPSA) is 49.2 Å². The third-order valence-electron chi connectivity index (χ3n) is 1.91. The Hall–Kier alpha value is -1.18. The molecular formula is C10H8BrClFN3O2. The third kappa shape index (κ3) is 3.18. The second-order valence-corrected chi connectivity index (χ2v) is 4.43. The number of hydrogen-bond donors (Lipinski definition) is 0. The molecule has 2 aromatic rings. The molecule has 96 valence electrons. The van der Waals surface area contributed by atoms with Gasteiger partial charge in [-0.15, -0.1) is 5.10 Å². The highest BCUT2D eigenvalue weighted by Crippen LogP contribution is 2.25. The van der Waals surface area contributed by atoms with E-state index in [-0.39, 0.29) is 23.5 Å². The van der Waals surface area contributed by atoms with E-state index in [0.29, 0.717) is 4.73 Å². The molecule has 2 rings (SSSR count). The molecule has 1 heterocycles. The van der Waals surface area contributed by atoms with Gasteiger partial charge in [-0.2, -0.15) is 9.67 Å². The second kappa shape index (κ2) is 5.64. The zero-order chi connectivity index (χ0) is 13.1. The van der Waals surface area contributed by atoms with Gasteiger partial charge in [0.1, 0.15) is 18.3 Å². The number of hydrogen-bond acceptors (Lipinski definition) is 4. The molecule has 0 aliphatic rings. The van der Waals surface area contributed by atoms with Crippen LogP contribution < -0.4 is 4.74 Å². The van der Waals surface area contributed by atoms with E-state index < -0.39 is 5.82 Å².